The average Bonchev–Trinajstić information content (AvgIpc) is 1.99. The van der Waals surface area contributed by atoms with E-state index in [1.807, 2.05) is 0 Å². The van der Waals surface area contributed by atoms with E-state index in [0.717, 1.165) is 0 Å². The van der Waals surface area contributed by atoms with Crippen LogP contribution in [0.4, 0.5) is 8.78 Å². The van der Waals surface area contributed by atoms with Crippen LogP contribution in [0.5, 0.6) is 0 Å². The third-order valence-corrected chi connectivity index (χ3v) is 1.83. The zero-order valence-corrected chi connectivity index (χ0v) is 6.44. The van der Waals surface area contributed by atoms with Crippen LogP contribution in [0.25, 0.3) is 0 Å². The number of carboxylic acid groups (broad SMARTS) is 1. The largest absolute Gasteiger partial charge is 0.478 e. The van der Waals surface area contributed by atoms with Gasteiger partial charge in [-0.25, -0.2) is 4.79 Å². The van der Waals surface area contributed by atoms with E-state index < -0.39 is 36.1 Å². The van der Waals surface area contributed by atoms with Crippen molar-refractivity contribution >= 4 is 5.97 Å². The first-order chi connectivity index (χ1) is 5.84. The van der Waals surface area contributed by atoms with Crippen molar-refractivity contribution in [2.24, 2.45) is 0 Å². The third kappa shape index (κ3) is 1.84. The second-order valence-electron chi connectivity index (χ2n) is 2.87. The normalized spacial score (nSPS) is 32.5. The van der Waals surface area contributed by atoms with Gasteiger partial charge in [0.2, 0.25) is 0 Å². The van der Waals surface area contributed by atoms with Gasteiger partial charge < -0.3 is 15.3 Å². The molecule has 0 radical (unpaired) electrons. The van der Waals surface area contributed by atoms with Crippen molar-refractivity contribution in [3.63, 3.8) is 0 Å². The van der Waals surface area contributed by atoms with Crippen LogP contribution >= 0.6 is 0 Å². The van der Waals surface area contributed by atoms with Crippen LogP contribution in [0.15, 0.2) is 11.6 Å². The highest BCUT2D eigenvalue weighted by molar-refractivity contribution is 5.87. The van der Waals surface area contributed by atoms with Crippen LogP contribution in [0.3, 0.4) is 0 Å². The number of rotatable bonds is 1. The highest BCUT2D eigenvalue weighted by atomic mass is 19.3. The molecule has 74 valence electrons. The van der Waals surface area contributed by atoms with E-state index in [-0.39, 0.29) is 6.08 Å². The summed E-state index contributed by atoms with van der Waals surface area (Å²) in [5.74, 6) is -5.18. The van der Waals surface area contributed by atoms with Gasteiger partial charge in [-0.05, 0) is 6.08 Å². The zero-order chi connectivity index (χ0) is 10.2. The van der Waals surface area contributed by atoms with E-state index in [4.69, 9.17) is 15.3 Å². The first-order valence-electron chi connectivity index (χ1n) is 3.53. The van der Waals surface area contributed by atoms with Crippen LogP contribution in [0.2, 0.25) is 0 Å². The first-order valence-corrected chi connectivity index (χ1v) is 3.53. The van der Waals surface area contributed by atoms with E-state index in [0.29, 0.717) is 0 Å². The molecule has 0 amide bonds. The maximum Gasteiger partial charge on any atom is 0.331 e. The van der Waals surface area contributed by atoms with E-state index in [2.05, 4.69) is 0 Å². The van der Waals surface area contributed by atoms with E-state index in [1.165, 1.54) is 0 Å². The van der Waals surface area contributed by atoms with Crippen LogP contribution in [-0.2, 0) is 4.79 Å². The molecule has 0 aromatic heterocycles. The van der Waals surface area contributed by atoms with E-state index in [9.17, 15) is 13.6 Å². The van der Waals surface area contributed by atoms with Crippen molar-refractivity contribution in [3.8, 4) is 0 Å². The monoisotopic (exact) mass is 194 g/mol. The van der Waals surface area contributed by atoms with E-state index in [1.54, 1.807) is 0 Å². The van der Waals surface area contributed by atoms with Crippen LogP contribution < -0.4 is 0 Å². The molecule has 4 nitrogen and oxygen atoms in total. The van der Waals surface area contributed by atoms with Crippen molar-refractivity contribution < 1.29 is 28.9 Å². The number of aliphatic carboxylic acids is 1. The van der Waals surface area contributed by atoms with Gasteiger partial charge in [0.15, 0.2) is 0 Å². The summed E-state index contributed by atoms with van der Waals surface area (Å²) >= 11 is 0. The Kier molecular flexibility index (Phi) is 2.36. The second-order valence-corrected chi connectivity index (χ2v) is 2.87. The summed E-state index contributed by atoms with van der Waals surface area (Å²) in [5, 5.41) is 26.0. The minimum Gasteiger partial charge on any atom is -0.478 e. The zero-order valence-electron chi connectivity index (χ0n) is 6.44. The molecule has 0 aromatic rings. The molecule has 0 spiro atoms. The Balaban J connectivity index is 2.99. The lowest BCUT2D eigenvalue weighted by Gasteiger charge is -2.28. The summed E-state index contributed by atoms with van der Waals surface area (Å²) in [6.45, 7) is 0. The molecule has 1 aliphatic rings. The molecule has 0 aromatic carbocycles. The molecular weight excluding hydrogens is 186 g/mol. The number of hydrogen-bond acceptors (Lipinski definition) is 3. The van der Waals surface area contributed by atoms with Crippen molar-refractivity contribution in [2.75, 3.05) is 0 Å². The summed E-state index contributed by atoms with van der Waals surface area (Å²) in [5.41, 5.74) is -0.581. The lowest BCUT2D eigenvalue weighted by Crippen LogP contribution is -2.45. The number of carboxylic acids is 1. The molecule has 6 heteroatoms. The van der Waals surface area contributed by atoms with Gasteiger partial charge >= 0.3 is 5.97 Å². The third-order valence-electron chi connectivity index (χ3n) is 1.83. The molecule has 13 heavy (non-hydrogen) atoms. The number of hydrogen-bond donors (Lipinski definition) is 3. The van der Waals surface area contributed by atoms with Gasteiger partial charge in [-0.15, -0.1) is 0 Å². The minimum atomic E-state index is -3.68. The number of carbonyl (C=O) groups is 1. The number of halogens is 2. The van der Waals surface area contributed by atoms with Gasteiger partial charge in [0.05, 0.1) is 6.10 Å². The van der Waals surface area contributed by atoms with Crippen LogP contribution in [-0.4, -0.2) is 39.4 Å². The molecule has 3 N–H and O–H groups in total. The van der Waals surface area contributed by atoms with Gasteiger partial charge in [-0.2, -0.15) is 8.78 Å². The topological polar surface area (TPSA) is 77.8 Å². The maximum atomic E-state index is 12.7. The molecule has 0 saturated carbocycles. The summed E-state index contributed by atoms with van der Waals surface area (Å²) < 4.78 is 25.4. The standard InChI is InChI=1S/C7H8F2O4/c8-7(9)2-3(6(12)13)1-4(10)5(7)11/h2,4-5,10-11H,1H2,(H,12,13). The highest BCUT2D eigenvalue weighted by Crippen LogP contribution is 2.31. The number of alkyl halides is 2. The fraction of sp³-hybridized carbons (Fsp3) is 0.571. The average molecular weight is 194 g/mol. The Labute approximate surface area is 72.1 Å². The maximum absolute atomic E-state index is 12.7. The molecule has 1 aliphatic carbocycles. The lowest BCUT2D eigenvalue weighted by molar-refractivity contribution is -0.142. The van der Waals surface area contributed by atoms with Gasteiger partial charge in [-0.1, -0.05) is 0 Å². The van der Waals surface area contributed by atoms with Gasteiger partial charge in [0.25, 0.3) is 5.92 Å². The summed E-state index contributed by atoms with van der Waals surface area (Å²) in [4.78, 5) is 10.3. The molecule has 0 heterocycles. The van der Waals surface area contributed by atoms with Crippen molar-refractivity contribution in [2.45, 2.75) is 24.6 Å². The molecule has 0 saturated heterocycles. The molecule has 0 bridgehead atoms. The summed E-state index contributed by atoms with van der Waals surface area (Å²) in [6, 6.07) is 0. The lowest BCUT2D eigenvalue weighted by atomic mass is 9.91. The molecule has 2 atom stereocenters. The number of aliphatic hydroxyl groups is 2. The fourth-order valence-electron chi connectivity index (χ4n) is 1.12. The Hall–Kier alpha value is -1.01. The van der Waals surface area contributed by atoms with Crippen LogP contribution in [0.1, 0.15) is 6.42 Å². The quantitative estimate of drug-likeness (QED) is 0.538. The van der Waals surface area contributed by atoms with Crippen molar-refractivity contribution in [3.05, 3.63) is 11.6 Å². The molecule has 2 unspecified atom stereocenters. The van der Waals surface area contributed by atoms with Gasteiger partial charge in [-0.3, -0.25) is 0 Å². The second kappa shape index (κ2) is 3.04. The Morgan fingerprint density at radius 1 is 1.54 bits per heavy atom. The smallest absolute Gasteiger partial charge is 0.331 e. The first kappa shape index (κ1) is 10.1. The van der Waals surface area contributed by atoms with Crippen molar-refractivity contribution in [1.82, 2.24) is 0 Å². The highest BCUT2D eigenvalue weighted by Gasteiger charge is 2.45. The SMILES string of the molecule is O=C(O)C1=CC(F)(F)C(O)C(O)C1. The molecule has 1 rings (SSSR count). The predicted octanol–water partition coefficient (Wildman–Crippen LogP) is -0.242. The number of aliphatic hydroxyl groups excluding tert-OH is 2. The van der Waals surface area contributed by atoms with E-state index >= 15 is 0 Å². The summed E-state index contributed by atoms with van der Waals surface area (Å²) in [6.07, 6.45) is -4.25. The van der Waals surface area contributed by atoms with Crippen molar-refractivity contribution in [1.29, 1.82) is 0 Å². The predicted molar refractivity (Wildman–Crippen MR) is 37.3 cm³/mol. The fourth-order valence-corrected chi connectivity index (χ4v) is 1.12. The molecule has 0 fully saturated rings. The Morgan fingerprint density at radius 3 is 2.46 bits per heavy atom. The molecular formula is C7H8F2O4. The Morgan fingerprint density at radius 2 is 2.08 bits per heavy atom. The van der Waals surface area contributed by atoms with Crippen LogP contribution in [0, 0.1) is 0 Å². The van der Waals surface area contributed by atoms with Gasteiger partial charge in [0.1, 0.15) is 6.10 Å². The summed E-state index contributed by atoms with van der Waals surface area (Å²) in [7, 11) is 0. The van der Waals surface area contributed by atoms with Gasteiger partial charge in [0, 0.05) is 12.0 Å². The Bertz CT molecular complexity index is 261. The minimum absolute atomic E-state index is 0.173. The molecule has 0 aliphatic heterocycles.